The lowest BCUT2D eigenvalue weighted by molar-refractivity contribution is -0.145. The SMILES string of the molecule is CSCCN1C(=O)C(N)C(=O)N1CCSC.Cc1cc(N)sn1. The molecule has 10 heteroatoms. The molecule has 1 aliphatic heterocycles. The molecule has 4 N–H and O–H groups in total. The van der Waals surface area contributed by atoms with Gasteiger partial charge in [0.25, 0.3) is 11.8 Å². The third-order valence-electron chi connectivity index (χ3n) is 2.99. The van der Waals surface area contributed by atoms with Crippen LogP contribution in [0.3, 0.4) is 0 Å². The number of aryl methyl sites for hydroxylation is 1. The molecule has 1 fully saturated rings. The Kier molecular flexibility index (Phi) is 8.74. The first kappa shape index (κ1) is 20.1. The number of thioether (sulfide) groups is 2. The van der Waals surface area contributed by atoms with E-state index in [0.29, 0.717) is 13.1 Å². The highest BCUT2D eigenvalue weighted by Crippen LogP contribution is 2.14. The molecule has 0 bridgehead atoms. The summed E-state index contributed by atoms with van der Waals surface area (Å²) < 4.78 is 3.93. The molecular formula is C13H23N5O2S3. The zero-order chi connectivity index (χ0) is 17.4. The number of nitrogens with two attached hydrogens (primary N) is 2. The number of hydrogen-bond donors (Lipinski definition) is 2. The second-order valence-electron chi connectivity index (χ2n) is 4.76. The van der Waals surface area contributed by atoms with Crippen molar-refractivity contribution >= 4 is 51.9 Å². The molecule has 0 aromatic carbocycles. The van der Waals surface area contributed by atoms with Gasteiger partial charge in [-0.15, -0.1) is 0 Å². The topological polar surface area (TPSA) is 106 Å². The smallest absolute Gasteiger partial charge is 0.267 e. The quantitative estimate of drug-likeness (QED) is 0.702. The monoisotopic (exact) mass is 377 g/mol. The van der Waals surface area contributed by atoms with Gasteiger partial charge in [0, 0.05) is 11.5 Å². The Bertz CT molecular complexity index is 483. The van der Waals surface area contributed by atoms with Crippen LogP contribution in [0.4, 0.5) is 5.00 Å². The third-order valence-corrected chi connectivity index (χ3v) is 4.88. The van der Waals surface area contributed by atoms with E-state index in [2.05, 4.69) is 4.37 Å². The van der Waals surface area contributed by atoms with Crippen LogP contribution in [0.5, 0.6) is 0 Å². The Morgan fingerprint density at radius 3 is 1.91 bits per heavy atom. The summed E-state index contributed by atoms with van der Waals surface area (Å²) >= 11 is 4.61. The van der Waals surface area contributed by atoms with Gasteiger partial charge in [-0.25, -0.2) is 10.0 Å². The summed E-state index contributed by atoms with van der Waals surface area (Å²) in [6, 6.07) is 0.855. The number of rotatable bonds is 6. The minimum absolute atomic E-state index is 0.278. The van der Waals surface area contributed by atoms with Gasteiger partial charge < -0.3 is 11.5 Å². The summed E-state index contributed by atoms with van der Waals surface area (Å²) in [5, 5.41) is 3.76. The molecule has 7 nitrogen and oxygen atoms in total. The lowest BCUT2D eigenvalue weighted by Gasteiger charge is -2.27. The molecule has 23 heavy (non-hydrogen) atoms. The van der Waals surface area contributed by atoms with Crippen LogP contribution in [0.1, 0.15) is 5.69 Å². The highest BCUT2D eigenvalue weighted by Gasteiger charge is 2.42. The molecule has 1 aromatic heterocycles. The van der Waals surface area contributed by atoms with Crippen molar-refractivity contribution in [3.8, 4) is 0 Å². The molecule has 2 rings (SSSR count). The summed E-state index contributed by atoms with van der Waals surface area (Å²) in [4.78, 5) is 23.4. The Morgan fingerprint density at radius 2 is 1.65 bits per heavy atom. The van der Waals surface area contributed by atoms with Gasteiger partial charge in [0.1, 0.15) is 5.00 Å². The maximum atomic E-state index is 11.7. The molecule has 0 unspecified atom stereocenters. The highest BCUT2D eigenvalue weighted by molar-refractivity contribution is 7.98. The number of carbonyl (C=O) groups is 2. The number of hydrogen-bond acceptors (Lipinski definition) is 8. The Balaban J connectivity index is 0.000000313. The number of hydrazine groups is 1. The van der Waals surface area contributed by atoms with Gasteiger partial charge in [-0.2, -0.15) is 27.9 Å². The van der Waals surface area contributed by atoms with Crippen LogP contribution in [-0.2, 0) is 9.59 Å². The largest absolute Gasteiger partial charge is 0.389 e. The molecule has 0 aliphatic carbocycles. The predicted octanol–water partition coefficient (Wildman–Crippen LogP) is 0.659. The number of carbonyl (C=O) groups excluding carboxylic acids is 2. The van der Waals surface area contributed by atoms with Crippen molar-refractivity contribution in [2.24, 2.45) is 5.73 Å². The maximum absolute atomic E-state index is 11.7. The summed E-state index contributed by atoms with van der Waals surface area (Å²) in [6.45, 7) is 3.02. The molecular weight excluding hydrogens is 354 g/mol. The number of nitrogen functional groups attached to an aromatic ring is 1. The van der Waals surface area contributed by atoms with E-state index in [1.165, 1.54) is 21.6 Å². The Morgan fingerprint density at radius 1 is 1.17 bits per heavy atom. The third kappa shape index (κ3) is 5.87. The van der Waals surface area contributed by atoms with E-state index in [0.717, 1.165) is 22.2 Å². The van der Waals surface area contributed by atoms with E-state index in [4.69, 9.17) is 11.5 Å². The van der Waals surface area contributed by atoms with E-state index < -0.39 is 6.04 Å². The second kappa shape index (κ2) is 10.0. The van der Waals surface area contributed by atoms with Crippen molar-refractivity contribution < 1.29 is 9.59 Å². The van der Waals surface area contributed by atoms with Gasteiger partial charge in [-0.1, -0.05) is 0 Å². The van der Waals surface area contributed by atoms with Crippen molar-refractivity contribution in [1.29, 1.82) is 0 Å². The second-order valence-corrected chi connectivity index (χ2v) is 7.56. The van der Waals surface area contributed by atoms with E-state index in [-0.39, 0.29) is 11.8 Å². The standard InChI is InChI=1S/C9H17N3O2S2.C4H6N2S/c1-15-5-3-11-8(13)7(10)9(14)12(11)4-6-16-2;1-3-2-4(5)7-6-3/h7H,3-6,10H2,1-2H3;2H,5H2,1H3. The number of nitrogens with zero attached hydrogens (tertiary/aromatic N) is 3. The molecule has 130 valence electrons. The average Bonchev–Trinajstić information content (AvgIpc) is 3.00. The van der Waals surface area contributed by atoms with Crippen LogP contribution in [0.25, 0.3) is 0 Å². The fourth-order valence-electron chi connectivity index (χ4n) is 1.87. The number of aromatic nitrogens is 1. The van der Waals surface area contributed by atoms with Crippen LogP contribution < -0.4 is 11.5 Å². The van der Waals surface area contributed by atoms with Crippen molar-refractivity contribution in [2.45, 2.75) is 13.0 Å². The van der Waals surface area contributed by atoms with E-state index in [1.54, 1.807) is 23.5 Å². The van der Waals surface area contributed by atoms with Crippen molar-refractivity contribution in [2.75, 3.05) is 42.8 Å². The fourth-order valence-corrected chi connectivity index (χ4v) is 3.10. The van der Waals surface area contributed by atoms with Crippen molar-refractivity contribution in [1.82, 2.24) is 14.4 Å². The van der Waals surface area contributed by atoms with E-state index in [1.807, 2.05) is 25.5 Å². The first-order chi connectivity index (χ1) is 10.9. The minimum atomic E-state index is -0.997. The summed E-state index contributed by atoms with van der Waals surface area (Å²) in [5.41, 5.74) is 11.9. The fraction of sp³-hybridized carbons (Fsp3) is 0.615. The van der Waals surface area contributed by atoms with Gasteiger partial charge in [-0.3, -0.25) is 9.59 Å². The number of anilines is 1. The molecule has 1 aromatic rings. The van der Waals surface area contributed by atoms with Gasteiger partial charge in [-0.05, 0) is 37.0 Å². The van der Waals surface area contributed by atoms with E-state index in [9.17, 15) is 9.59 Å². The van der Waals surface area contributed by atoms with Gasteiger partial charge in [0.2, 0.25) is 0 Å². The summed E-state index contributed by atoms with van der Waals surface area (Å²) in [7, 11) is 0. The maximum Gasteiger partial charge on any atom is 0.267 e. The predicted molar refractivity (Wildman–Crippen MR) is 99.4 cm³/mol. The Labute approximate surface area is 149 Å². The summed E-state index contributed by atoms with van der Waals surface area (Å²) in [5.74, 6) is 1.06. The average molecular weight is 378 g/mol. The lowest BCUT2D eigenvalue weighted by atomic mass is 10.3. The molecule has 0 spiro atoms. The zero-order valence-electron chi connectivity index (χ0n) is 13.5. The van der Waals surface area contributed by atoms with Crippen LogP contribution in [-0.4, -0.2) is 69.4 Å². The Hall–Kier alpha value is -0.970. The molecule has 1 aliphatic rings. The van der Waals surface area contributed by atoms with Gasteiger partial charge >= 0.3 is 0 Å². The molecule has 2 heterocycles. The molecule has 0 atom stereocenters. The van der Waals surface area contributed by atoms with Crippen LogP contribution in [0.15, 0.2) is 6.07 Å². The highest BCUT2D eigenvalue weighted by atomic mass is 32.2. The van der Waals surface area contributed by atoms with Gasteiger partial charge in [0.15, 0.2) is 6.04 Å². The lowest BCUT2D eigenvalue weighted by Crippen LogP contribution is -2.43. The summed E-state index contributed by atoms with van der Waals surface area (Å²) in [6.07, 6.45) is 3.93. The minimum Gasteiger partial charge on any atom is -0.389 e. The first-order valence-corrected chi connectivity index (χ1v) is 10.5. The molecule has 0 saturated carbocycles. The molecule has 0 radical (unpaired) electrons. The molecule has 1 saturated heterocycles. The normalized spacial score (nSPS) is 15.1. The van der Waals surface area contributed by atoms with Crippen molar-refractivity contribution in [3.05, 3.63) is 11.8 Å². The van der Waals surface area contributed by atoms with Gasteiger partial charge in [0.05, 0.1) is 18.8 Å². The van der Waals surface area contributed by atoms with Crippen LogP contribution in [0, 0.1) is 6.92 Å². The van der Waals surface area contributed by atoms with Crippen molar-refractivity contribution in [3.63, 3.8) is 0 Å². The molecule has 2 amide bonds. The van der Waals surface area contributed by atoms with E-state index >= 15 is 0 Å². The number of amides is 2. The first-order valence-electron chi connectivity index (χ1n) is 6.97. The van der Waals surface area contributed by atoms with Crippen LogP contribution in [0.2, 0.25) is 0 Å². The van der Waals surface area contributed by atoms with Crippen LogP contribution >= 0.6 is 35.1 Å². The zero-order valence-corrected chi connectivity index (χ0v) is 16.0.